The summed E-state index contributed by atoms with van der Waals surface area (Å²) in [7, 11) is 1.37. The van der Waals surface area contributed by atoms with Crippen molar-refractivity contribution in [2.45, 2.75) is 44.3 Å². The summed E-state index contributed by atoms with van der Waals surface area (Å²) in [6.45, 7) is 0. The number of esters is 1. The van der Waals surface area contributed by atoms with Gasteiger partial charge < -0.3 is 14.9 Å². The summed E-state index contributed by atoms with van der Waals surface area (Å²) in [5, 5.41) is 19.4. The van der Waals surface area contributed by atoms with Gasteiger partial charge in [-0.2, -0.15) is 0 Å². The van der Waals surface area contributed by atoms with Crippen molar-refractivity contribution in [1.82, 2.24) is 0 Å². The van der Waals surface area contributed by atoms with Crippen molar-refractivity contribution in [3.8, 4) is 12.3 Å². The van der Waals surface area contributed by atoms with Crippen molar-refractivity contribution < 1.29 is 19.7 Å². The fourth-order valence-electron chi connectivity index (χ4n) is 2.26. The third-order valence-corrected chi connectivity index (χ3v) is 3.62. The van der Waals surface area contributed by atoms with Crippen molar-refractivity contribution in [2.24, 2.45) is 11.8 Å². The molecule has 21 heavy (non-hydrogen) atoms. The zero-order chi connectivity index (χ0) is 15.7. The first-order valence-electron chi connectivity index (χ1n) is 7.30. The van der Waals surface area contributed by atoms with Crippen molar-refractivity contribution in [1.29, 1.82) is 0 Å². The molecule has 1 fully saturated rings. The number of carbonyl (C=O) groups is 1. The Morgan fingerprint density at radius 2 is 2.24 bits per heavy atom. The van der Waals surface area contributed by atoms with E-state index in [0.29, 0.717) is 31.6 Å². The van der Waals surface area contributed by atoms with E-state index in [4.69, 9.17) is 6.42 Å². The second-order valence-corrected chi connectivity index (χ2v) is 5.34. The summed E-state index contributed by atoms with van der Waals surface area (Å²) in [5.41, 5.74) is 0. The van der Waals surface area contributed by atoms with Crippen LogP contribution in [0, 0.1) is 24.2 Å². The Hall–Kier alpha value is -1.57. The molecule has 0 heterocycles. The smallest absolute Gasteiger partial charge is 0.305 e. The third-order valence-electron chi connectivity index (χ3n) is 3.62. The van der Waals surface area contributed by atoms with E-state index in [2.05, 4.69) is 10.7 Å². The second-order valence-electron chi connectivity index (χ2n) is 5.34. The molecular weight excluding hydrogens is 268 g/mol. The molecule has 2 N–H and O–H groups in total. The first-order chi connectivity index (χ1) is 10.1. The van der Waals surface area contributed by atoms with Gasteiger partial charge in [-0.05, 0) is 31.1 Å². The highest BCUT2D eigenvalue weighted by atomic mass is 16.5. The maximum Gasteiger partial charge on any atom is 0.305 e. The molecule has 0 spiro atoms. The van der Waals surface area contributed by atoms with Gasteiger partial charge >= 0.3 is 5.97 Å². The van der Waals surface area contributed by atoms with Gasteiger partial charge in [0.25, 0.3) is 0 Å². The Bertz CT molecular complexity index is 419. The molecule has 4 heteroatoms. The van der Waals surface area contributed by atoms with Gasteiger partial charge in [0.1, 0.15) is 0 Å². The fourth-order valence-corrected chi connectivity index (χ4v) is 2.26. The molecule has 4 nitrogen and oxygen atoms in total. The molecular formula is C17H24O4. The van der Waals surface area contributed by atoms with Crippen molar-refractivity contribution >= 4 is 5.97 Å². The van der Waals surface area contributed by atoms with Gasteiger partial charge in [0, 0.05) is 12.8 Å². The number of aliphatic hydroxyl groups excluding tert-OH is 2. The number of carbonyl (C=O) groups excluding carboxylic acids is 1. The molecule has 116 valence electrons. The molecule has 1 aliphatic carbocycles. The first-order valence-corrected chi connectivity index (χ1v) is 7.30. The summed E-state index contributed by atoms with van der Waals surface area (Å²) in [6, 6.07) is 0. The maximum atomic E-state index is 11.0. The van der Waals surface area contributed by atoms with E-state index in [9.17, 15) is 15.0 Å². The summed E-state index contributed by atoms with van der Waals surface area (Å²) >= 11 is 0. The standard InChI is InChI=1S/C17H24O4/c1-3-7-14(18)9-5-4-8-13-12-15(13)16(19)10-6-11-17(20)21-2/h1,4-5,8-9,13-16,18-19H,6-7,10-12H2,2H3. The number of hydrogen-bond acceptors (Lipinski definition) is 4. The Balaban J connectivity index is 2.18. The van der Waals surface area contributed by atoms with Gasteiger partial charge in [0.2, 0.25) is 0 Å². The Morgan fingerprint density at radius 1 is 1.48 bits per heavy atom. The third kappa shape index (κ3) is 7.12. The van der Waals surface area contributed by atoms with Crippen LogP contribution in [-0.2, 0) is 9.53 Å². The number of allylic oxidation sites excluding steroid dienone is 3. The lowest BCUT2D eigenvalue weighted by Crippen LogP contribution is -2.11. The molecule has 4 atom stereocenters. The summed E-state index contributed by atoms with van der Waals surface area (Å²) in [4.78, 5) is 11.0. The number of ether oxygens (including phenoxy) is 1. The second kappa shape index (κ2) is 9.38. The van der Waals surface area contributed by atoms with Crippen LogP contribution in [-0.4, -0.2) is 35.5 Å². The fraction of sp³-hybridized carbons (Fsp3) is 0.588. The minimum absolute atomic E-state index is 0.231. The minimum Gasteiger partial charge on any atom is -0.469 e. The van der Waals surface area contributed by atoms with Crippen LogP contribution in [0.1, 0.15) is 32.1 Å². The predicted molar refractivity (Wildman–Crippen MR) is 81.2 cm³/mol. The molecule has 0 radical (unpaired) electrons. The molecule has 4 unspecified atom stereocenters. The van der Waals surface area contributed by atoms with E-state index < -0.39 is 6.10 Å². The lowest BCUT2D eigenvalue weighted by molar-refractivity contribution is -0.140. The SMILES string of the molecule is C#CCC(O)C=CC=CC1CC1C(O)CCCC(=O)OC. The molecule has 0 amide bonds. The summed E-state index contributed by atoms with van der Waals surface area (Å²) in [5.74, 6) is 2.82. The van der Waals surface area contributed by atoms with Crippen molar-refractivity contribution in [3.63, 3.8) is 0 Å². The molecule has 0 aromatic carbocycles. The van der Waals surface area contributed by atoms with Crippen LogP contribution in [0.4, 0.5) is 0 Å². The molecule has 0 aliphatic heterocycles. The van der Waals surface area contributed by atoms with E-state index in [-0.39, 0.29) is 18.0 Å². The van der Waals surface area contributed by atoms with Crippen LogP contribution in [0.25, 0.3) is 0 Å². The number of aliphatic hydroxyl groups is 2. The largest absolute Gasteiger partial charge is 0.469 e. The molecule has 1 saturated carbocycles. The molecule has 0 bridgehead atoms. The highest BCUT2D eigenvalue weighted by Gasteiger charge is 2.39. The normalized spacial score (nSPS) is 23.9. The minimum atomic E-state index is -0.599. The van der Waals surface area contributed by atoms with Gasteiger partial charge in [-0.25, -0.2) is 0 Å². The predicted octanol–water partition coefficient (Wildman–Crippen LogP) is 1.82. The highest BCUT2D eigenvalue weighted by molar-refractivity contribution is 5.68. The van der Waals surface area contributed by atoms with Gasteiger partial charge in [0.05, 0.1) is 19.3 Å². The van der Waals surface area contributed by atoms with E-state index >= 15 is 0 Å². The van der Waals surface area contributed by atoms with Crippen LogP contribution in [0.15, 0.2) is 24.3 Å². The molecule has 1 aliphatic rings. The average molecular weight is 292 g/mol. The zero-order valence-electron chi connectivity index (χ0n) is 12.4. The lowest BCUT2D eigenvalue weighted by atomic mass is 10.1. The van der Waals surface area contributed by atoms with Gasteiger partial charge in [-0.15, -0.1) is 12.3 Å². The van der Waals surface area contributed by atoms with Crippen LogP contribution < -0.4 is 0 Å². The maximum absolute atomic E-state index is 11.0. The topological polar surface area (TPSA) is 66.8 Å². The zero-order valence-corrected chi connectivity index (χ0v) is 12.4. The number of rotatable bonds is 9. The van der Waals surface area contributed by atoms with Crippen LogP contribution >= 0.6 is 0 Å². The van der Waals surface area contributed by atoms with Crippen LogP contribution in [0.2, 0.25) is 0 Å². The average Bonchev–Trinajstić information content (AvgIpc) is 3.23. The van der Waals surface area contributed by atoms with E-state index in [0.717, 1.165) is 6.42 Å². The lowest BCUT2D eigenvalue weighted by Gasteiger charge is -2.08. The van der Waals surface area contributed by atoms with Gasteiger partial charge in [-0.1, -0.05) is 24.3 Å². The van der Waals surface area contributed by atoms with Gasteiger partial charge in [-0.3, -0.25) is 4.79 Å². The van der Waals surface area contributed by atoms with Crippen molar-refractivity contribution in [3.05, 3.63) is 24.3 Å². The molecule has 0 saturated heterocycles. The quantitative estimate of drug-likeness (QED) is 0.386. The highest BCUT2D eigenvalue weighted by Crippen LogP contribution is 2.43. The first kappa shape index (κ1) is 17.5. The Labute approximate surface area is 126 Å². The van der Waals surface area contributed by atoms with E-state index in [1.165, 1.54) is 7.11 Å². The van der Waals surface area contributed by atoms with Crippen molar-refractivity contribution in [2.75, 3.05) is 7.11 Å². The van der Waals surface area contributed by atoms with Crippen LogP contribution in [0.3, 0.4) is 0 Å². The molecule has 1 rings (SSSR count). The Morgan fingerprint density at radius 3 is 2.90 bits per heavy atom. The van der Waals surface area contributed by atoms with E-state index in [1.54, 1.807) is 12.2 Å². The monoisotopic (exact) mass is 292 g/mol. The summed E-state index contributed by atoms with van der Waals surface area (Å²) in [6.07, 6.45) is 14.4. The summed E-state index contributed by atoms with van der Waals surface area (Å²) < 4.78 is 4.56. The van der Waals surface area contributed by atoms with Gasteiger partial charge in [0.15, 0.2) is 0 Å². The molecule has 0 aromatic heterocycles. The molecule has 0 aromatic rings. The van der Waals surface area contributed by atoms with Crippen LogP contribution in [0.5, 0.6) is 0 Å². The Kier molecular flexibility index (Phi) is 7.81. The van der Waals surface area contributed by atoms with E-state index in [1.807, 2.05) is 12.2 Å². The number of methoxy groups -OCH3 is 1. The number of terminal acetylenes is 1. The number of hydrogen-bond donors (Lipinski definition) is 2.